The first-order chi connectivity index (χ1) is 17.2. The maximum atomic E-state index is 16.8. The molecule has 216 valence electrons. The molecule has 4 aliphatic carbocycles. The number of carbonyl (C=O) groups is 2. The number of hydrogen-bond donors (Lipinski definition) is 0. The van der Waals surface area contributed by atoms with Crippen LogP contribution >= 0.6 is 0 Å². The summed E-state index contributed by atoms with van der Waals surface area (Å²) in [6.07, 6.45) is 7.06. The summed E-state index contributed by atoms with van der Waals surface area (Å²) in [6, 6.07) is 0. The van der Waals surface area contributed by atoms with Crippen LogP contribution in [0.2, 0.25) is 36.3 Å². The van der Waals surface area contributed by atoms with Crippen molar-refractivity contribution in [3.8, 4) is 0 Å². The lowest BCUT2D eigenvalue weighted by atomic mass is 9.49. The maximum absolute atomic E-state index is 16.8. The Morgan fingerprint density at radius 1 is 0.789 bits per heavy atom. The molecule has 4 nitrogen and oxygen atoms in total. The molecule has 0 aromatic carbocycles. The second kappa shape index (κ2) is 10.5. The van der Waals surface area contributed by atoms with Gasteiger partial charge in [-0.25, -0.2) is 8.78 Å². The van der Waals surface area contributed by atoms with Crippen molar-refractivity contribution >= 4 is 28.2 Å². The first-order valence-corrected chi connectivity index (χ1v) is 20.1. The van der Waals surface area contributed by atoms with Gasteiger partial charge in [0.05, 0.1) is 0 Å². The van der Waals surface area contributed by atoms with Crippen LogP contribution in [-0.2, 0) is 18.4 Å². The highest BCUT2D eigenvalue weighted by atomic mass is 28.4. The summed E-state index contributed by atoms with van der Waals surface area (Å²) in [4.78, 5) is 26.4. The van der Waals surface area contributed by atoms with Crippen molar-refractivity contribution in [2.24, 2.45) is 23.7 Å². The van der Waals surface area contributed by atoms with E-state index in [4.69, 9.17) is 8.85 Å². The molecule has 0 aliphatic heterocycles. The zero-order valence-corrected chi connectivity index (χ0v) is 27.3. The normalized spacial score (nSPS) is 33.7. The van der Waals surface area contributed by atoms with Gasteiger partial charge in [-0.2, -0.15) is 0 Å². The fourth-order valence-corrected chi connectivity index (χ4v) is 7.92. The standard InChI is InChI=1S/C30H50F2O4Si2/c1-27(2,3)37(7,8)35-19-11-17-29(31)23-15-13-22(26(29)34)21-14-16-24(33)30(32,25(21)23)18-12-20-36-38(9,10)28(4,5)6/h13-16,21-23,25H,11-12,17-20H2,1-10H3/t21-,22+,23-,25-,29+,30-/m0/s1. The number of Topliss-reactive ketones (excluding diaryl/α,β-unsaturated/α-hetero) is 1. The van der Waals surface area contributed by atoms with E-state index in [1.54, 1.807) is 18.2 Å². The van der Waals surface area contributed by atoms with E-state index in [-0.39, 0.29) is 22.9 Å². The van der Waals surface area contributed by atoms with Crippen LogP contribution in [0.4, 0.5) is 8.78 Å². The van der Waals surface area contributed by atoms with Crippen molar-refractivity contribution in [1.29, 1.82) is 0 Å². The Balaban J connectivity index is 1.75. The molecule has 8 heteroatoms. The van der Waals surface area contributed by atoms with Crippen LogP contribution < -0.4 is 0 Å². The molecule has 1 fully saturated rings. The summed E-state index contributed by atoms with van der Waals surface area (Å²) in [6.45, 7) is 22.2. The van der Waals surface area contributed by atoms with Crippen LogP contribution in [0, 0.1) is 23.7 Å². The quantitative estimate of drug-likeness (QED) is 0.153. The van der Waals surface area contributed by atoms with Gasteiger partial charge >= 0.3 is 0 Å². The van der Waals surface area contributed by atoms with E-state index in [1.807, 2.05) is 0 Å². The van der Waals surface area contributed by atoms with E-state index in [0.717, 1.165) is 0 Å². The Morgan fingerprint density at radius 2 is 1.26 bits per heavy atom. The number of hydrogen-bond acceptors (Lipinski definition) is 4. The smallest absolute Gasteiger partial charge is 0.192 e. The Labute approximate surface area is 231 Å². The van der Waals surface area contributed by atoms with Crippen molar-refractivity contribution in [2.75, 3.05) is 13.2 Å². The van der Waals surface area contributed by atoms with Crippen LogP contribution in [0.3, 0.4) is 0 Å². The Morgan fingerprint density at radius 3 is 1.74 bits per heavy atom. The third kappa shape index (κ3) is 5.61. The molecule has 0 aromatic heterocycles. The number of ketones is 2. The number of fused-ring (bicyclic) bond motifs is 1. The fraction of sp³-hybridized carbons (Fsp3) is 0.800. The van der Waals surface area contributed by atoms with Gasteiger partial charge in [0.2, 0.25) is 0 Å². The van der Waals surface area contributed by atoms with Crippen molar-refractivity contribution in [3.63, 3.8) is 0 Å². The van der Waals surface area contributed by atoms with Crippen LogP contribution in [0.5, 0.6) is 0 Å². The molecule has 0 N–H and O–H groups in total. The number of halogens is 2. The zero-order chi connectivity index (χ0) is 28.9. The van der Waals surface area contributed by atoms with Gasteiger partial charge in [-0.15, -0.1) is 0 Å². The van der Waals surface area contributed by atoms with Gasteiger partial charge in [-0.3, -0.25) is 9.59 Å². The molecule has 1 saturated carbocycles. The minimum Gasteiger partial charge on any atom is -0.417 e. The Hall–Kier alpha value is -0.966. The average molecular weight is 569 g/mol. The molecular formula is C30H50F2O4Si2. The lowest BCUT2D eigenvalue weighted by Crippen LogP contribution is -2.65. The van der Waals surface area contributed by atoms with Crippen molar-refractivity contribution in [3.05, 3.63) is 24.3 Å². The van der Waals surface area contributed by atoms with Gasteiger partial charge in [0.15, 0.2) is 39.5 Å². The summed E-state index contributed by atoms with van der Waals surface area (Å²) >= 11 is 0. The lowest BCUT2D eigenvalue weighted by molar-refractivity contribution is -0.162. The number of allylic oxidation sites excluding steroid dienone is 4. The molecule has 38 heavy (non-hydrogen) atoms. The first-order valence-electron chi connectivity index (χ1n) is 14.3. The summed E-state index contributed by atoms with van der Waals surface area (Å²) in [7, 11) is -4.00. The second-order valence-corrected chi connectivity index (χ2v) is 24.4. The van der Waals surface area contributed by atoms with Gasteiger partial charge < -0.3 is 8.85 Å². The summed E-state index contributed by atoms with van der Waals surface area (Å²) in [5.41, 5.74) is -4.39. The van der Waals surface area contributed by atoms with Crippen molar-refractivity contribution in [1.82, 2.24) is 0 Å². The van der Waals surface area contributed by atoms with E-state index in [1.165, 1.54) is 6.08 Å². The van der Waals surface area contributed by atoms with Crippen LogP contribution in [0.1, 0.15) is 67.2 Å². The van der Waals surface area contributed by atoms with Gasteiger partial charge in [-0.05, 0) is 73.9 Å². The van der Waals surface area contributed by atoms with E-state index in [2.05, 4.69) is 67.7 Å². The van der Waals surface area contributed by atoms with Gasteiger partial charge in [0.1, 0.15) is 0 Å². The lowest BCUT2D eigenvalue weighted by Gasteiger charge is -2.55. The van der Waals surface area contributed by atoms with E-state index in [9.17, 15) is 9.59 Å². The molecule has 0 amide bonds. The fourth-order valence-electron chi connectivity index (χ4n) is 5.75. The third-order valence-corrected chi connectivity index (χ3v) is 19.4. The van der Waals surface area contributed by atoms with Gasteiger partial charge in [-0.1, -0.05) is 59.8 Å². The molecule has 0 saturated heterocycles. The molecule has 0 heterocycles. The monoisotopic (exact) mass is 568 g/mol. The first kappa shape index (κ1) is 31.6. The predicted octanol–water partition coefficient (Wildman–Crippen LogP) is 7.76. The highest BCUT2D eigenvalue weighted by Crippen LogP contribution is 2.58. The largest absolute Gasteiger partial charge is 0.417 e. The SMILES string of the molecule is CC(C)(C)[Si](C)(C)OCCC[C@]1(F)C(=O)C=C[C@@H]2[C@H]1[C@@H]1C=C[C@H]2C(=O)[C@@]1(F)CCCO[Si](C)(C)C(C)(C)C. The minimum atomic E-state index is -2.21. The molecule has 0 radical (unpaired) electrons. The molecule has 4 rings (SSSR count). The molecule has 0 spiro atoms. The van der Waals surface area contributed by atoms with Gasteiger partial charge in [0.25, 0.3) is 0 Å². The van der Waals surface area contributed by atoms with E-state index >= 15 is 8.78 Å². The minimum absolute atomic E-state index is 0.0162. The highest BCUT2D eigenvalue weighted by molar-refractivity contribution is 6.74. The Bertz CT molecular complexity index is 978. The van der Waals surface area contributed by atoms with Crippen LogP contribution in [-0.4, -0.2) is 52.8 Å². The Kier molecular flexibility index (Phi) is 8.68. The molecule has 4 aliphatic rings. The number of rotatable bonds is 10. The van der Waals surface area contributed by atoms with Crippen molar-refractivity contribution in [2.45, 2.75) is 115 Å². The second-order valence-electron chi connectivity index (χ2n) is 14.8. The van der Waals surface area contributed by atoms with Crippen LogP contribution in [0.25, 0.3) is 0 Å². The van der Waals surface area contributed by atoms with Crippen molar-refractivity contribution < 1.29 is 27.2 Å². The third-order valence-electron chi connectivity index (χ3n) is 10.3. The van der Waals surface area contributed by atoms with E-state index < -0.39 is 63.2 Å². The molecule has 0 aromatic rings. The number of carbonyl (C=O) groups excluding carboxylic acids is 2. The van der Waals surface area contributed by atoms with E-state index in [0.29, 0.717) is 26.1 Å². The average Bonchev–Trinajstić information content (AvgIpc) is 2.78. The predicted molar refractivity (Wildman–Crippen MR) is 155 cm³/mol. The molecular weight excluding hydrogens is 518 g/mol. The maximum Gasteiger partial charge on any atom is 0.192 e. The molecule has 6 atom stereocenters. The highest BCUT2D eigenvalue weighted by Gasteiger charge is 2.67. The van der Waals surface area contributed by atoms with Crippen LogP contribution in [0.15, 0.2) is 24.3 Å². The van der Waals surface area contributed by atoms with Gasteiger partial charge in [0, 0.05) is 31.0 Å². The summed E-state index contributed by atoms with van der Waals surface area (Å²) < 4.78 is 45.9. The molecule has 0 unspecified atom stereocenters. The zero-order valence-electron chi connectivity index (χ0n) is 25.3. The summed E-state index contributed by atoms with van der Waals surface area (Å²) in [5, 5.41) is 0.0672. The molecule has 2 bridgehead atoms. The topological polar surface area (TPSA) is 52.6 Å². The summed E-state index contributed by atoms with van der Waals surface area (Å²) in [5.74, 6) is -4.15. The number of alkyl halides is 2.